The normalized spacial score (nSPS) is 16.3. The van der Waals surface area contributed by atoms with E-state index in [1.165, 1.54) is 11.3 Å². The van der Waals surface area contributed by atoms with Crippen LogP contribution in [0.5, 0.6) is 0 Å². The first kappa shape index (κ1) is 27.8. The molecule has 1 aliphatic heterocycles. The Morgan fingerprint density at radius 3 is 2.32 bits per heavy atom. The van der Waals surface area contributed by atoms with Gasteiger partial charge in [0.25, 0.3) is 0 Å². The second-order valence-electron chi connectivity index (χ2n) is 9.70. The van der Waals surface area contributed by atoms with Gasteiger partial charge in [0.15, 0.2) is 5.82 Å². The number of pyridine rings is 1. The summed E-state index contributed by atoms with van der Waals surface area (Å²) in [7, 11) is -5.39. The third-order valence-electron chi connectivity index (χ3n) is 7.26. The number of imidazole rings is 1. The van der Waals surface area contributed by atoms with Crippen LogP contribution in [0.4, 0.5) is 13.2 Å². The maximum Gasteiger partial charge on any atom is 0.511 e. The number of aromatic nitrogens is 4. The molecule has 4 heterocycles. The van der Waals surface area contributed by atoms with Gasteiger partial charge in [-0.3, -0.25) is 4.98 Å². The molecule has 0 spiro atoms. The molecule has 7 nitrogen and oxygen atoms in total. The molecule has 2 aromatic carbocycles. The van der Waals surface area contributed by atoms with Crippen molar-refractivity contribution in [2.75, 3.05) is 13.1 Å². The highest BCUT2D eigenvalue weighted by molar-refractivity contribution is 7.90. The van der Waals surface area contributed by atoms with E-state index in [9.17, 15) is 21.6 Å². The summed E-state index contributed by atoms with van der Waals surface area (Å²) in [5.74, 6) is 0.393. The molecule has 1 aliphatic rings. The summed E-state index contributed by atoms with van der Waals surface area (Å²) in [5, 5.41) is 3.44. The van der Waals surface area contributed by atoms with Crippen LogP contribution in [0, 0.1) is 0 Å². The van der Waals surface area contributed by atoms with Crippen LogP contribution in [0.2, 0.25) is 5.02 Å². The number of sulfonamides is 1. The molecule has 1 saturated heterocycles. The van der Waals surface area contributed by atoms with Gasteiger partial charge in [-0.2, -0.15) is 17.5 Å². The minimum atomic E-state index is -5.39. The molecule has 13 heteroatoms. The number of thiazole rings is 1. The van der Waals surface area contributed by atoms with Crippen LogP contribution in [0.3, 0.4) is 0 Å². The average Bonchev–Trinajstić information content (AvgIpc) is 3.63. The maximum atomic E-state index is 13.2. The summed E-state index contributed by atoms with van der Waals surface area (Å²) in [6.07, 6.45) is 3.80. The van der Waals surface area contributed by atoms with Crippen LogP contribution in [0.25, 0.3) is 22.6 Å². The summed E-state index contributed by atoms with van der Waals surface area (Å²) >= 11 is 7.70. The molecule has 0 N–H and O–H groups in total. The lowest BCUT2D eigenvalue weighted by atomic mass is 9.91. The van der Waals surface area contributed by atoms with E-state index in [0.717, 1.165) is 21.7 Å². The lowest BCUT2D eigenvalue weighted by Gasteiger charge is -2.33. The molecule has 0 radical (unpaired) electrons. The fraction of sp³-hybridized carbons (Fsp3) is 0.250. The molecule has 0 bridgehead atoms. The van der Waals surface area contributed by atoms with Crippen LogP contribution in [-0.4, -0.2) is 50.8 Å². The largest absolute Gasteiger partial charge is 0.511 e. The molecule has 1 unspecified atom stereocenters. The number of alkyl halides is 3. The SMILES string of the molecule is O=S(=O)(N1CCC(n2c(-c3ccccn3)nc3ccc(C(c4ccc(Cl)cc4)c4nccs4)cc32)CC1)C(F)(F)F. The molecule has 1 fully saturated rings. The second-order valence-corrected chi connectivity index (χ2v) is 13.0. The number of rotatable bonds is 6. The zero-order valence-electron chi connectivity index (χ0n) is 21.4. The number of fused-ring (bicyclic) bond motifs is 1. The predicted octanol–water partition coefficient (Wildman–Crippen LogP) is 6.87. The molecular formula is C28H23ClF3N5O2S2. The summed E-state index contributed by atoms with van der Waals surface area (Å²) in [4.78, 5) is 13.9. The van der Waals surface area contributed by atoms with Crippen molar-refractivity contribution in [1.82, 2.24) is 23.8 Å². The molecule has 0 aliphatic carbocycles. The molecule has 6 rings (SSSR count). The van der Waals surface area contributed by atoms with Gasteiger partial charge in [-0.1, -0.05) is 35.9 Å². The monoisotopic (exact) mass is 617 g/mol. The van der Waals surface area contributed by atoms with E-state index in [1.807, 2.05) is 64.5 Å². The van der Waals surface area contributed by atoms with Gasteiger partial charge in [0.05, 0.1) is 17.0 Å². The summed E-state index contributed by atoms with van der Waals surface area (Å²) in [6, 6.07) is 18.7. The predicted molar refractivity (Wildman–Crippen MR) is 152 cm³/mol. The fourth-order valence-electron chi connectivity index (χ4n) is 5.33. The topological polar surface area (TPSA) is 81.0 Å². The van der Waals surface area contributed by atoms with E-state index >= 15 is 0 Å². The summed E-state index contributed by atoms with van der Waals surface area (Å²) < 4.78 is 66.3. The Labute approximate surface area is 243 Å². The minimum Gasteiger partial charge on any atom is -0.319 e. The van der Waals surface area contributed by atoms with Crippen molar-refractivity contribution in [3.05, 3.63) is 99.6 Å². The fourth-order valence-corrected chi connectivity index (χ4v) is 7.23. The molecule has 0 saturated carbocycles. The number of nitrogens with zero attached hydrogens (tertiary/aromatic N) is 5. The molecular weight excluding hydrogens is 595 g/mol. The Balaban J connectivity index is 1.46. The molecule has 212 valence electrons. The molecule has 3 aromatic heterocycles. The van der Waals surface area contributed by atoms with E-state index in [2.05, 4.69) is 9.97 Å². The van der Waals surface area contributed by atoms with E-state index in [0.29, 0.717) is 26.4 Å². The van der Waals surface area contributed by atoms with Crippen molar-refractivity contribution in [3.8, 4) is 11.5 Å². The van der Waals surface area contributed by atoms with Gasteiger partial charge >= 0.3 is 15.5 Å². The third kappa shape index (κ3) is 5.25. The van der Waals surface area contributed by atoms with E-state index in [-0.39, 0.29) is 37.9 Å². The van der Waals surface area contributed by atoms with Gasteiger partial charge in [0, 0.05) is 41.9 Å². The van der Waals surface area contributed by atoms with Crippen molar-refractivity contribution in [3.63, 3.8) is 0 Å². The Morgan fingerprint density at radius 2 is 1.68 bits per heavy atom. The number of hydrogen-bond donors (Lipinski definition) is 0. The second kappa shape index (κ2) is 10.8. The highest BCUT2D eigenvalue weighted by Gasteiger charge is 2.50. The third-order valence-corrected chi connectivity index (χ3v) is 9.99. The van der Waals surface area contributed by atoms with Gasteiger partial charge in [-0.25, -0.2) is 18.4 Å². The number of benzene rings is 2. The van der Waals surface area contributed by atoms with Gasteiger partial charge in [-0.15, -0.1) is 11.3 Å². The van der Waals surface area contributed by atoms with Crippen LogP contribution < -0.4 is 0 Å². The zero-order chi connectivity index (χ0) is 28.8. The van der Waals surface area contributed by atoms with Crippen LogP contribution in [0.1, 0.15) is 40.9 Å². The first-order chi connectivity index (χ1) is 19.6. The van der Waals surface area contributed by atoms with Crippen LogP contribution in [-0.2, 0) is 10.0 Å². The van der Waals surface area contributed by atoms with E-state index in [1.54, 1.807) is 18.5 Å². The minimum absolute atomic E-state index is 0.183. The molecule has 0 amide bonds. The number of halogens is 4. The number of hydrogen-bond acceptors (Lipinski definition) is 6. The number of piperidine rings is 1. The maximum absolute atomic E-state index is 13.2. The smallest absolute Gasteiger partial charge is 0.319 e. The summed E-state index contributed by atoms with van der Waals surface area (Å²) in [5.41, 5.74) is -1.26. The molecule has 41 heavy (non-hydrogen) atoms. The van der Waals surface area contributed by atoms with Crippen molar-refractivity contribution in [2.45, 2.75) is 30.3 Å². The van der Waals surface area contributed by atoms with Crippen molar-refractivity contribution in [2.24, 2.45) is 0 Å². The standard InChI is InChI=1S/C28H23ClF3N5O2S2/c29-20-7-4-18(5-8-20)25(27-34-13-16-40-27)19-6-9-22-24(17-19)37(26(35-22)23-3-1-2-12-33-23)21-10-14-36(15-11-21)41(38,39)28(30,31)32/h1-9,12-13,16-17,21,25H,10-11,14-15H2. The van der Waals surface area contributed by atoms with Crippen LogP contribution >= 0.6 is 22.9 Å². The van der Waals surface area contributed by atoms with Crippen molar-refractivity contribution in [1.29, 1.82) is 0 Å². The molecule has 1 atom stereocenters. The summed E-state index contributed by atoms with van der Waals surface area (Å²) in [6.45, 7) is -0.500. The molecule has 5 aromatic rings. The van der Waals surface area contributed by atoms with Gasteiger partial charge < -0.3 is 4.57 Å². The highest BCUT2D eigenvalue weighted by Crippen LogP contribution is 2.39. The van der Waals surface area contributed by atoms with Crippen LogP contribution in [0.15, 0.2) is 78.4 Å². The van der Waals surface area contributed by atoms with E-state index in [4.69, 9.17) is 16.6 Å². The lowest BCUT2D eigenvalue weighted by Crippen LogP contribution is -2.45. The zero-order valence-corrected chi connectivity index (χ0v) is 23.8. The average molecular weight is 618 g/mol. The Morgan fingerprint density at radius 1 is 0.951 bits per heavy atom. The van der Waals surface area contributed by atoms with Crippen molar-refractivity contribution < 1.29 is 21.6 Å². The lowest BCUT2D eigenvalue weighted by molar-refractivity contribution is -0.0496. The van der Waals surface area contributed by atoms with E-state index < -0.39 is 15.5 Å². The van der Waals surface area contributed by atoms with Gasteiger partial charge in [-0.05, 0) is 60.4 Å². The highest BCUT2D eigenvalue weighted by atomic mass is 35.5. The Bertz CT molecular complexity index is 1770. The Kier molecular flexibility index (Phi) is 7.35. The van der Waals surface area contributed by atoms with Gasteiger partial charge in [0.1, 0.15) is 10.7 Å². The Hall–Kier alpha value is -3.32. The van der Waals surface area contributed by atoms with Crippen molar-refractivity contribution >= 4 is 44.0 Å². The quantitative estimate of drug-likeness (QED) is 0.208. The first-order valence-electron chi connectivity index (χ1n) is 12.8. The first-order valence-corrected chi connectivity index (χ1v) is 15.5. The van der Waals surface area contributed by atoms with Gasteiger partial charge in [0.2, 0.25) is 0 Å².